The summed E-state index contributed by atoms with van der Waals surface area (Å²) < 4.78 is 5.14. The fourth-order valence-electron chi connectivity index (χ4n) is 2.75. The number of methoxy groups -OCH3 is 1. The third-order valence-corrected chi connectivity index (χ3v) is 4.10. The Morgan fingerprint density at radius 3 is 2.25 bits per heavy atom. The van der Waals surface area contributed by atoms with Crippen molar-refractivity contribution >= 4 is 29.1 Å². The van der Waals surface area contributed by atoms with Gasteiger partial charge < -0.3 is 4.74 Å². The minimum atomic E-state index is -0.236. The van der Waals surface area contributed by atoms with Crippen molar-refractivity contribution in [3.63, 3.8) is 0 Å². The Hall–Kier alpha value is -1.81. The molecule has 1 heterocycles. The Labute approximate surface area is 122 Å². The molecule has 0 spiro atoms. The number of ether oxygens (including phenoxy) is 1. The predicted molar refractivity (Wildman–Crippen MR) is 76.0 cm³/mol. The first-order valence-corrected chi connectivity index (χ1v) is 6.95. The summed E-state index contributed by atoms with van der Waals surface area (Å²) in [6.45, 7) is 0. The van der Waals surface area contributed by atoms with Crippen molar-refractivity contribution < 1.29 is 14.3 Å². The summed E-state index contributed by atoms with van der Waals surface area (Å²) in [6, 6.07) is 4.95. The van der Waals surface area contributed by atoms with E-state index in [2.05, 4.69) is 0 Å². The number of hydrogen-bond donors (Lipinski definition) is 0. The molecule has 4 nitrogen and oxygen atoms in total. The number of halogens is 1. The van der Waals surface area contributed by atoms with Crippen molar-refractivity contribution in [2.24, 2.45) is 0 Å². The summed E-state index contributed by atoms with van der Waals surface area (Å²) in [5.74, 6) is 0.0922. The van der Waals surface area contributed by atoms with Gasteiger partial charge in [-0.2, -0.15) is 0 Å². The fraction of sp³-hybridized carbons (Fsp3) is 0.333. The number of carbonyl (C=O) groups excluding carboxylic acids is 2. The van der Waals surface area contributed by atoms with Crippen LogP contribution in [0.1, 0.15) is 25.7 Å². The van der Waals surface area contributed by atoms with Crippen molar-refractivity contribution in [3.05, 3.63) is 34.4 Å². The van der Waals surface area contributed by atoms with Crippen molar-refractivity contribution in [1.29, 1.82) is 0 Å². The molecule has 1 aromatic rings. The summed E-state index contributed by atoms with van der Waals surface area (Å²) >= 11 is 6.14. The van der Waals surface area contributed by atoms with Gasteiger partial charge in [0.1, 0.15) is 5.75 Å². The fourth-order valence-corrected chi connectivity index (χ4v) is 2.95. The zero-order chi connectivity index (χ0) is 14.3. The number of hydrogen-bond acceptors (Lipinski definition) is 3. The number of carbonyl (C=O) groups is 2. The van der Waals surface area contributed by atoms with Crippen molar-refractivity contribution in [2.45, 2.75) is 25.7 Å². The standard InChI is InChI=1S/C15H14ClNO3/c1-20-9-6-7-12(16)13(8-9)17-14(18)10-4-2-3-5-11(10)15(17)19/h6-8H,2-5H2,1H3. The van der Waals surface area contributed by atoms with Gasteiger partial charge in [0.15, 0.2) is 0 Å². The van der Waals surface area contributed by atoms with E-state index in [9.17, 15) is 9.59 Å². The second kappa shape index (κ2) is 4.94. The van der Waals surface area contributed by atoms with E-state index in [-0.39, 0.29) is 11.8 Å². The van der Waals surface area contributed by atoms with E-state index >= 15 is 0 Å². The zero-order valence-electron chi connectivity index (χ0n) is 11.1. The summed E-state index contributed by atoms with van der Waals surface area (Å²) in [5.41, 5.74) is 1.70. The van der Waals surface area contributed by atoms with Gasteiger partial charge in [-0.15, -0.1) is 0 Å². The second-order valence-electron chi connectivity index (χ2n) is 4.93. The van der Waals surface area contributed by atoms with Crippen LogP contribution in [0.2, 0.25) is 5.02 Å². The molecule has 0 atom stereocenters. The minimum Gasteiger partial charge on any atom is -0.497 e. The maximum Gasteiger partial charge on any atom is 0.261 e. The molecule has 20 heavy (non-hydrogen) atoms. The zero-order valence-corrected chi connectivity index (χ0v) is 11.9. The summed E-state index contributed by atoms with van der Waals surface area (Å²) in [7, 11) is 1.53. The summed E-state index contributed by atoms with van der Waals surface area (Å²) in [6.07, 6.45) is 3.27. The highest BCUT2D eigenvalue weighted by molar-refractivity contribution is 6.39. The van der Waals surface area contributed by atoms with Gasteiger partial charge in [0.2, 0.25) is 0 Å². The highest BCUT2D eigenvalue weighted by atomic mass is 35.5. The van der Waals surface area contributed by atoms with Gasteiger partial charge in [-0.25, -0.2) is 4.90 Å². The van der Waals surface area contributed by atoms with Crippen molar-refractivity contribution in [1.82, 2.24) is 0 Å². The van der Waals surface area contributed by atoms with Crippen LogP contribution in [-0.4, -0.2) is 18.9 Å². The third-order valence-electron chi connectivity index (χ3n) is 3.78. The largest absolute Gasteiger partial charge is 0.497 e. The van der Waals surface area contributed by atoms with Gasteiger partial charge in [-0.3, -0.25) is 9.59 Å². The van der Waals surface area contributed by atoms with E-state index in [1.54, 1.807) is 18.2 Å². The van der Waals surface area contributed by atoms with E-state index in [4.69, 9.17) is 16.3 Å². The lowest BCUT2D eigenvalue weighted by atomic mass is 9.93. The molecule has 0 radical (unpaired) electrons. The number of anilines is 1. The van der Waals surface area contributed by atoms with Crippen LogP contribution in [0.3, 0.4) is 0 Å². The van der Waals surface area contributed by atoms with Gasteiger partial charge in [-0.1, -0.05) is 11.6 Å². The lowest BCUT2D eigenvalue weighted by Gasteiger charge is -2.17. The first kappa shape index (κ1) is 13.2. The molecule has 0 aromatic heterocycles. The van der Waals surface area contributed by atoms with Crippen LogP contribution in [0.15, 0.2) is 29.3 Å². The Morgan fingerprint density at radius 1 is 1.10 bits per heavy atom. The first-order valence-electron chi connectivity index (χ1n) is 6.58. The molecule has 1 aliphatic heterocycles. The van der Waals surface area contributed by atoms with Gasteiger partial charge >= 0.3 is 0 Å². The van der Waals surface area contributed by atoms with Crippen LogP contribution in [0, 0.1) is 0 Å². The van der Waals surface area contributed by atoms with Crippen molar-refractivity contribution in [2.75, 3.05) is 12.0 Å². The Balaban J connectivity index is 2.04. The molecular weight excluding hydrogens is 278 g/mol. The Morgan fingerprint density at radius 2 is 1.70 bits per heavy atom. The van der Waals surface area contributed by atoms with E-state index in [1.165, 1.54) is 12.0 Å². The number of benzene rings is 1. The van der Waals surface area contributed by atoms with Crippen LogP contribution in [0.5, 0.6) is 5.75 Å². The quantitative estimate of drug-likeness (QED) is 0.787. The summed E-state index contributed by atoms with van der Waals surface area (Å²) in [5, 5.41) is 0.368. The van der Waals surface area contributed by atoms with Crippen molar-refractivity contribution in [3.8, 4) is 5.75 Å². The van der Waals surface area contributed by atoms with E-state index in [0.717, 1.165) is 12.8 Å². The molecule has 1 aromatic carbocycles. The van der Waals surface area contributed by atoms with Gasteiger partial charge in [0, 0.05) is 17.2 Å². The normalized spacial score (nSPS) is 18.6. The minimum absolute atomic E-state index is 0.236. The number of rotatable bonds is 2. The van der Waals surface area contributed by atoms with Crippen LogP contribution < -0.4 is 9.64 Å². The molecule has 0 bridgehead atoms. The van der Waals surface area contributed by atoms with E-state index < -0.39 is 0 Å². The van der Waals surface area contributed by atoms with E-state index in [0.29, 0.717) is 40.4 Å². The highest BCUT2D eigenvalue weighted by Gasteiger charge is 2.40. The molecule has 0 unspecified atom stereocenters. The van der Waals surface area contributed by atoms with Crippen LogP contribution >= 0.6 is 11.6 Å². The smallest absolute Gasteiger partial charge is 0.261 e. The number of nitrogens with zero attached hydrogens (tertiary/aromatic N) is 1. The molecule has 2 aliphatic rings. The van der Waals surface area contributed by atoms with Gasteiger partial charge in [0.05, 0.1) is 17.8 Å². The maximum atomic E-state index is 12.5. The third kappa shape index (κ3) is 1.91. The van der Waals surface area contributed by atoms with Gasteiger partial charge in [0.25, 0.3) is 11.8 Å². The molecule has 0 saturated carbocycles. The first-order chi connectivity index (χ1) is 9.63. The molecule has 0 fully saturated rings. The molecule has 0 saturated heterocycles. The maximum absolute atomic E-state index is 12.5. The molecule has 0 N–H and O–H groups in total. The Kier molecular flexibility index (Phi) is 3.26. The summed E-state index contributed by atoms with van der Waals surface area (Å²) in [4.78, 5) is 26.1. The van der Waals surface area contributed by atoms with E-state index in [1.807, 2.05) is 0 Å². The lowest BCUT2D eigenvalue weighted by molar-refractivity contribution is -0.120. The molecule has 2 amide bonds. The average Bonchev–Trinajstić information content (AvgIpc) is 2.72. The van der Waals surface area contributed by atoms with Crippen LogP contribution in [0.4, 0.5) is 5.69 Å². The molecule has 3 rings (SSSR count). The average molecular weight is 292 g/mol. The molecule has 1 aliphatic carbocycles. The lowest BCUT2D eigenvalue weighted by Crippen LogP contribution is -2.31. The van der Waals surface area contributed by atoms with Crippen LogP contribution in [0.25, 0.3) is 0 Å². The second-order valence-corrected chi connectivity index (χ2v) is 5.33. The monoisotopic (exact) mass is 291 g/mol. The predicted octanol–water partition coefficient (Wildman–Crippen LogP) is 3.09. The van der Waals surface area contributed by atoms with Crippen LogP contribution in [-0.2, 0) is 9.59 Å². The molecule has 5 heteroatoms. The number of imide groups is 1. The topological polar surface area (TPSA) is 46.6 Å². The Bertz CT molecular complexity index is 608. The number of amides is 2. The highest BCUT2D eigenvalue weighted by Crippen LogP contribution is 2.39. The SMILES string of the molecule is COc1ccc(Cl)c(N2C(=O)C3=C(CCCC3)C2=O)c1. The van der Waals surface area contributed by atoms with Gasteiger partial charge in [-0.05, 0) is 37.8 Å². The molecular formula is C15H14ClNO3. The molecule has 104 valence electrons.